The first-order chi connectivity index (χ1) is 7.34. The molecule has 1 saturated heterocycles. The molecule has 0 radical (unpaired) electrons. The van der Waals surface area contributed by atoms with Crippen molar-refractivity contribution in [3.05, 3.63) is 0 Å². The average molecular weight is 211 g/mol. The maximum absolute atomic E-state index is 11.6. The fraction of sp³-hybridized carbons (Fsp3) is 0.909. The molecule has 1 heterocycles. The summed E-state index contributed by atoms with van der Waals surface area (Å²) >= 11 is 0. The van der Waals surface area contributed by atoms with Crippen LogP contribution >= 0.6 is 0 Å². The molecule has 0 aromatic heterocycles. The van der Waals surface area contributed by atoms with Crippen molar-refractivity contribution in [2.24, 2.45) is 0 Å². The van der Waals surface area contributed by atoms with E-state index in [1.54, 1.807) is 0 Å². The third-order valence-corrected chi connectivity index (χ3v) is 3.34. The summed E-state index contributed by atoms with van der Waals surface area (Å²) in [7, 11) is 0. The molecular formula is C11H21N3O. The van der Waals surface area contributed by atoms with Gasteiger partial charge in [-0.15, -0.1) is 0 Å². The fourth-order valence-corrected chi connectivity index (χ4v) is 2.44. The molecule has 2 fully saturated rings. The highest BCUT2D eigenvalue weighted by Crippen LogP contribution is 2.17. The van der Waals surface area contributed by atoms with E-state index in [1.807, 2.05) is 0 Å². The highest BCUT2D eigenvalue weighted by atomic mass is 16.2. The minimum Gasteiger partial charge on any atom is -0.335 e. The van der Waals surface area contributed by atoms with E-state index in [2.05, 4.69) is 16.0 Å². The predicted octanol–water partition coefficient (Wildman–Crippen LogP) is 0.980. The highest BCUT2D eigenvalue weighted by Gasteiger charge is 2.19. The van der Waals surface area contributed by atoms with Gasteiger partial charge in [0, 0.05) is 18.6 Å². The zero-order valence-electron chi connectivity index (χ0n) is 9.22. The first-order valence-corrected chi connectivity index (χ1v) is 6.12. The van der Waals surface area contributed by atoms with Crippen molar-refractivity contribution >= 4 is 6.03 Å². The molecule has 0 bridgehead atoms. The van der Waals surface area contributed by atoms with Crippen LogP contribution in [0.2, 0.25) is 0 Å². The van der Waals surface area contributed by atoms with Gasteiger partial charge < -0.3 is 16.0 Å². The molecule has 1 aliphatic heterocycles. The summed E-state index contributed by atoms with van der Waals surface area (Å²) in [5, 5.41) is 9.32. The molecule has 0 aromatic carbocycles. The van der Waals surface area contributed by atoms with Crippen LogP contribution in [-0.4, -0.2) is 31.2 Å². The van der Waals surface area contributed by atoms with E-state index >= 15 is 0 Å². The highest BCUT2D eigenvalue weighted by molar-refractivity contribution is 5.74. The van der Waals surface area contributed by atoms with Crippen LogP contribution in [-0.2, 0) is 0 Å². The number of hydrogen-bond donors (Lipinski definition) is 3. The van der Waals surface area contributed by atoms with Crippen LogP contribution in [0.4, 0.5) is 4.79 Å². The third-order valence-electron chi connectivity index (χ3n) is 3.34. The molecule has 1 saturated carbocycles. The van der Waals surface area contributed by atoms with E-state index in [0.29, 0.717) is 12.1 Å². The Hall–Kier alpha value is -0.770. The van der Waals surface area contributed by atoms with Crippen molar-refractivity contribution in [1.29, 1.82) is 0 Å². The first-order valence-electron chi connectivity index (χ1n) is 6.12. The zero-order valence-corrected chi connectivity index (χ0v) is 9.22. The van der Waals surface area contributed by atoms with E-state index in [1.165, 1.54) is 19.3 Å². The Bertz CT molecular complexity index is 208. The molecule has 3 N–H and O–H groups in total. The van der Waals surface area contributed by atoms with Crippen molar-refractivity contribution < 1.29 is 4.79 Å². The van der Waals surface area contributed by atoms with Crippen LogP contribution < -0.4 is 16.0 Å². The van der Waals surface area contributed by atoms with Crippen LogP contribution in [0.3, 0.4) is 0 Å². The van der Waals surface area contributed by atoms with Crippen LogP contribution in [0.1, 0.15) is 38.5 Å². The number of carbonyl (C=O) groups excluding carboxylic acids is 1. The minimum atomic E-state index is 0.0237. The van der Waals surface area contributed by atoms with Crippen LogP contribution in [0.5, 0.6) is 0 Å². The lowest BCUT2D eigenvalue weighted by atomic mass is 9.96. The normalized spacial score (nSPS) is 27.6. The Kier molecular flexibility index (Phi) is 3.83. The molecule has 1 atom stereocenters. The largest absolute Gasteiger partial charge is 0.335 e. The Morgan fingerprint density at radius 2 is 1.73 bits per heavy atom. The molecule has 15 heavy (non-hydrogen) atoms. The Balaban J connectivity index is 1.66. The van der Waals surface area contributed by atoms with Crippen LogP contribution in [0, 0.1) is 0 Å². The van der Waals surface area contributed by atoms with E-state index < -0.39 is 0 Å². The topological polar surface area (TPSA) is 53.2 Å². The van der Waals surface area contributed by atoms with E-state index in [4.69, 9.17) is 0 Å². The number of hydrogen-bond acceptors (Lipinski definition) is 2. The van der Waals surface area contributed by atoms with E-state index in [-0.39, 0.29) is 6.03 Å². The quantitative estimate of drug-likeness (QED) is 0.638. The number of rotatable bonds is 2. The van der Waals surface area contributed by atoms with Gasteiger partial charge in [0.25, 0.3) is 0 Å². The lowest BCUT2D eigenvalue weighted by Crippen LogP contribution is -2.47. The molecule has 2 amide bonds. The molecule has 4 nitrogen and oxygen atoms in total. The summed E-state index contributed by atoms with van der Waals surface area (Å²) in [6.45, 7) is 1.94. The van der Waals surface area contributed by atoms with Gasteiger partial charge in [-0.2, -0.15) is 0 Å². The fourth-order valence-electron chi connectivity index (χ4n) is 2.44. The summed E-state index contributed by atoms with van der Waals surface area (Å²) in [6.07, 6.45) is 7.20. The SMILES string of the molecule is O=C(NC1CCCCC1)N[C@@H]1CCNC1. The van der Waals surface area contributed by atoms with Crippen molar-refractivity contribution in [3.8, 4) is 0 Å². The number of amides is 2. The second kappa shape index (κ2) is 5.35. The maximum Gasteiger partial charge on any atom is 0.315 e. The third kappa shape index (κ3) is 3.38. The van der Waals surface area contributed by atoms with E-state index in [0.717, 1.165) is 32.4 Å². The van der Waals surface area contributed by atoms with E-state index in [9.17, 15) is 4.79 Å². The van der Waals surface area contributed by atoms with Crippen molar-refractivity contribution in [3.63, 3.8) is 0 Å². The summed E-state index contributed by atoms with van der Waals surface area (Å²) in [5.41, 5.74) is 0. The maximum atomic E-state index is 11.6. The summed E-state index contributed by atoms with van der Waals surface area (Å²) in [6, 6.07) is 0.761. The van der Waals surface area contributed by atoms with Gasteiger partial charge in [0.05, 0.1) is 0 Å². The number of carbonyl (C=O) groups is 1. The second-order valence-corrected chi connectivity index (χ2v) is 4.64. The minimum absolute atomic E-state index is 0.0237. The molecule has 2 rings (SSSR count). The zero-order chi connectivity index (χ0) is 10.5. The van der Waals surface area contributed by atoms with Gasteiger partial charge in [-0.25, -0.2) is 4.79 Å². The molecule has 0 spiro atoms. The lowest BCUT2D eigenvalue weighted by Gasteiger charge is -2.23. The molecule has 86 valence electrons. The average Bonchev–Trinajstić information content (AvgIpc) is 2.71. The molecular weight excluding hydrogens is 190 g/mol. The van der Waals surface area contributed by atoms with Crippen molar-refractivity contribution in [2.75, 3.05) is 13.1 Å². The Morgan fingerprint density at radius 3 is 2.40 bits per heavy atom. The van der Waals surface area contributed by atoms with Gasteiger partial charge in [-0.3, -0.25) is 0 Å². The monoisotopic (exact) mass is 211 g/mol. The van der Waals surface area contributed by atoms with Crippen molar-refractivity contribution in [2.45, 2.75) is 50.6 Å². The molecule has 4 heteroatoms. The lowest BCUT2D eigenvalue weighted by molar-refractivity contribution is 0.229. The smallest absolute Gasteiger partial charge is 0.315 e. The van der Waals surface area contributed by atoms with Gasteiger partial charge >= 0.3 is 6.03 Å². The number of nitrogens with one attached hydrogen (secondary N) is 3. The Labute approximate surface area is 91.2 Å². The molecule has 1 aliphatic carbocycles. The Morgan fingerprint density at radius 1 is 1.00 bits per heavy atom. The predicted molar refractivity (Wildman–Crippen MR) is 59.8 cm³/mol. The van der Waals surface area contributed by atoms with Crippen LogP contribution in [0.15, 0.2) is 0 Å². The first kappa shape index (κ1) is 10.7. The summed E-state index contributed by atoms with van der Waals surface area (Å²) in [4.78, 5) is 11.6. The molecule has 0 unspecified atom stereocenters. The van der Waals surface area contributed by atoms with Gasteiger partial charge in [0.1, 0.15) is 0 Å². The van der Waals surface area contributed by atoms with Crippen LogP contribution in [0.25, 0.3) is 0 Å². The molecule has 2 aliphatic rings. The summed E-state index contributed by atoms with van der Waals surface area (Å²) < 4.78 is 0. The van der Waals surface area contributed by atoms with Gasteiger partial charge in [0.2, 0.25) is 0 Å². The van der Waals surface area contributed by atoms with Gasteiger partial charge in [0.15, 0.2) is 0 Å². The standard InChI is InChI=1S/C11H21N3O/c15-11(14-10-6-7-12-8-10)13-9-4-2-1-3-5-9/h9-10,12H,1-8H2,(H2,13,14,15)/t10-/m1/s1. The van der Waals surface area contributed by atoms with Gasteiger partial charge in [-0.1, -0.05) is 19.3 Å². The second-order valence-electron chi connectivity index (χ2n) is 4.64. The van der Waals surface area contributed by atoms with Gasteiger partial charge in [-0.05, 0) is 25.8 Å². The number of urea groups is 1. The molecule has 0 aromatic rings. The summed E-state index contributed by atoms with van der Waals surface area (Å²) in [5.74, 6) is 0. The van der Waals surface area contributed by atoms with Crippen molar-refractivity contribution in [1.82, 2.24) is 16.0 Å².